The first kappa shape index (κ1) is 21.8. The van der Waals surface area contributed by atoms with Gasteiger partial charge in [0.1, 0.15) is 0 Å². The van der Waals surface area contributed by atoms with Crippen molar-refractivity contribution in [3.63, 3.8) is 0 Å². The average molecular weight is 508 g/mol. The Hall–Kier alpha value is -1.90. The molecule has 7 heteroatoms. The van der Waals surface area contributed by atoms with E-state index in [1.54, 1.807) is 7.05 Å². The summed E-state index contributed by atoms with van der Waals surface area (Å²) >= 11 is 0. The number of guanidine groups is 1. The number of hydrogen-bond donors (Lipinski definition) is 2. The molecule has 0 spiro atoms. The number of hydrogen-bond acceptors (Lipinski definition) is 3. The van der Waals surface area contributed by atoms with E-state index in [1.807, 2.05) is 6.07 Å². The Morgan fingerprint density at radius 2 is 1.66 bits per heavy atom. The summed E-state index contributed by atoms with van der Waals surface area (Å²) in [7, 11) is 1.73. The van der Waals surface area contributed by atoms with Gasteiger partial charge in [-0.25, -0.2) is 0 Å². The number of aryl methyl sites for hydroxylation is 1. The number of likely N-dealkylation sites (tertiary alicyclic amines) is 1. The third-order valence-corrected chi connectivity index (χ3v) is 6.19. The molecule has 2 amide bonds. The molecule has 0 radical (unpaired) electrons. The third-order valence-electron chi connectivity index (χ3n) is 6.19. The molecular formula is C22H29IN4O2. The molecule has 4 atom stereocenters. The Kier molecular flexibility index (Phi) is 7.32. The van der Waals surface area contributed by atoms with Gasteiger partial charge in [0.05, 0.1) is 11.8 Å². The van der Waals surface area contributed by atoms with Gasteiger partial charge < -0.3 is 10.6 Å². The largest absolute Gasteiger partial charge is 0.356 e. The molecule has 1 aromatic carbocycles. The lowest BCUT2D eigenvalue weighted by atomic mass is 9.85. The van der Waals surface area contributed by atoms with Gasteiger partial charge in [0.2, 0.25) is 11.8 Å². The number of carbonyl (C=O) groups excluding carboxylic acids is 2. The fourth-order valence-electron chi connectivity index (χ4n) is 4.84. The van der Waals surface area contributed by atoms with E-state index in [9.17, 15) is 9.59 Å². The molecule has 2 bridgehead atoms. The van der Waals surface area contributed by atoms with Gasteiger partial charge in [0.15, 0.2) is 5.96 Å². The maximum absolute atomic E-state index is 12.7. The summed E-state index contributed by atoms with van der Waals surface area (Å²) in [5.41, 5.74) is 1.33. The topological polar surface area (TPSA) is 73.8 Å². The van der Waals surface area contributed by atoms with Crippen LogP contribution in [-0.4, -0.2) is 49.4 Å². The lowest BCUT2D eigenvalue weighted by Gasteiger charge is -2.18. The Bertz CT molecular complexity index is 765. The number of aliphatic imine (C=N–C) groups is 1. The number of imide groups is 1. The first-order chi connectivity index (χ1) is 13.7. The molecule has 1 saturated heterocycles. The Balaban J connectivity index is 0.00000240. The smallest absolute Gasteiger partial charge is 0.233 e. The van der Waals surface area contributed by atoms with Crippen LogP contribution in [-0.2, 0) is 16.0 Å². The molecule has 2 N–H and O–H groups in total. The fraction of sp³-hybridized carbons (Fsp3) is 0.500. The van der Waals surface area contributed by atoms with Gasteiger partial charge >= 0.3 is 0 Å². The van der Waals surface area contributed by atoms with Gasteiger partial charge in [-0.15, -0.1) is 24.0 Å². The summed E-state index contributed by atoms with van der Waals surface area (Å²) < 4.78 is 0. The van der Waals surface area contributed by atoms with Crippen LogP contribution >= 0.6 is 24.0 Å². The normalized spacial score (nSPS) is 27.2. The third kappa shape index (κ3) is 4.49. The van der Waals surface area contributed by atoms with Crippen LogP contribution in [0.5, 0.6) is 0 Å². The summed E-state index contributed by atoms with van der Waals surface area (Å²) in [6, 6.07) is 10.4. The van der Waals surface area contributed by atoms with Gasteiger partial charge in [-0.05, 0) is 36.7 Å². The lowest BCUT2D eigenvalue weighted by Crippen LogP contribution is -2.44. The van der Waals surface area contributed by atoms with E-state index in [0.717, 1.165) is 25.8 Å². The van der Waals surface area contributed by atoms with Gasteiger partial charge in [0, 0.05) is 26.7 Å². The van der Waals surface area contributed by atoms with E-state index < -0.39 is 0 Å². The molecule has 2 fully saturated rings. The van der Waals surface area contributed by atoms with Crippen LogP contribution in [0.1, 0.15) is 18.4 Å². The van der Waals surface area contributed by atoms with E-state index in [2.05, 4.69) is 52.0 Å². The molecule has 29 heavy (non-hydrogen) atoms. The van der Waals surface area contributed by atoms with Crippen LogP contribution in [0.25, 0.3) is 0 Å². The van der Waals surface area contributed by atoms with Crippen molar-refractivity contribution in [2.45, 2.75) is 19.3 Å². The Labute approximate surface area is 189 Å². The van der Waals surface area contributed by atoms with Crippen molar-refractivity contribution in [3.8, 4) is 0 Å². The summed E-state index contributed by atoms with van der Waals surface area (Å²) in [5, 5.41) is 6.51. The first-order valence-electron chi connectivity index (χ1n) is 10.2. The SMILES string of the molecule is CN=C(NCCCc1ccccc1)NCCN1C(=O)C2C3C=CC(C3)C2C1=O.I. The lowest BCUT2D eigenvalue weighted by molar-refractivity contribution is -0.140. The number of nitrogens with zero attached hydrogens (tertiary/aromatic N) is 2. The highest BCUT2D eigenvalue weighted by Gasteiger charge is 2.58. The van der Waals surface area contributed by atoms with Crippen molar-refractivity contribution in [2.24, 2.45) is 28.7 Å². The molecule has 3 aliphatic rings. The summed E-state index contributed by atoms with van der Waals surface area (Å²) in [4.78, 5) is 31.0. The molecule has 1 heterocycles. The molecule has 4 rings (SSSR count). The zero-order valence-corrected chi connectivity index (χ0v) is 19.0. The zero-order chi connectivity index (χ0) is 19.5. The Morgan fingerprint density at radius 3 is 2.28 bits per heavy atom. The van der Waals surface area contributed by atoms with E-state index in [0.29, 0.717) is 19.0 Å². The van der Waals surface area contributed by atoms with Crippen LogP contribution in [0.3, 0.4) is 0 Å². The van der Waals surface area contributed by atoms with E-state index >= 15 is 0 Å². The Morgan fingerprint density at radius 1 is 1.03 bits per heavy atom. The summed E-state index contributed by atoms with van der Waals surface area (Å²) in [6.45, 7) is 1.72. The molecule has 2 aliphatic carbocycles. The maximum Gasteiger partial charge on any atom is 0.233 e. The maximum atomic E-state index is 12.7. The predicted octanol–water partition coefficient (Wildman–Crippen LogP) is 2.21. The van der Waals surface area contributed by atoms with Crippen LogP contribution in [0.2, 0.25) is 0 Å². The molecule has 1 saturated carbocycles. The van der Waals surface area contributed by atoms with Gasteiger partial charge in [0.25, 0.3) is 0 Å². The zero-order valence-electron chi connectivity index (χ0n) is 16.7. The second kappa shape index (κ2) is 9.73. The molecule has 156 valence electrons. The van der Waals surface area contributed by atoms with Gasteiger partial charge in [-0.2, -0.15) is 0 Å². The van der Waals surface area contributed by atoms with Crippen LogP contribution in [0.15, 0.2) is 47.5 Å². The number of carbonyl (C=O) groups is 2. The minimum absolute atomic E-state index is 0. The molecule has 1 aromatic rings. The number of benzene rings is 1. The molecule has 0 aromatic heterocycles. The van der Waals surface area contributed by atoms with Crippen LogP contribution in [0, 0.1) is 23.7 Å². The van der Waals surface area contributed by atoms with E-state index in [4.69, 9.17) is 0 Å². The minimum atomic E-state index is -0.113. The number of nitrogens with one attached hydrogen (secondary N) is 2. The second-order valence-electron chi connectivity index (χ2n) is 7.84. The standard InChI is InChI=1S/C22H28N4O2.HI/c1-23-22(24-11-5-8-15-6-3-2-4-7-15)25-12-13-26-20(27)18-16-9-10-17(14-16)19(18)21(26)28;/h2-4,6-7,9-10,16-19H,5,8,11-14H2,1H3,(H2,23,24,25);1H. The van der Waals surface area contributed by atoms with E-state index in [1.165, 1.54) is 10.5 Å². The fourth-order valence-corrected chi connectivity index (χ4v) is 4.84. The van der Waals surface area contributed by atoms with Crippen molar-refractivity contribution in [2.75, 3.05) is 26.7 Å². The quantitative estimate of drug-likeness (QED) is 0.148. The second-order valence-corrected chi connectivity index (χ2v) is 7.84. The van der Waals surface area contributed by atoms with Gasteiger partial charge in [-0.3, -0.25) is 19.5 Å². The summed E-state index contributed by atoms with van der Waals surface area (Å²) in [5.74, 6) is 1.04. The molecular weight excluding hydrogens is 479 g/mol. The van der Waals surface area contributed by atoms with E-state index in [-0.39, 0.29) is 59.5 Å². The molecule has 1 aliphatic heterocycles. The predicted molar refractivity (Wildman–Crippen MR) is 124 cm³/mol. The molecule has 4 unspecified atom stereocenters. The highest BCUT2D eigenvalue weighted by Crippen LogP contribution is 2.52. The van der Waals surface area contributed by atoms with Gasteiger partial charge in [-0.1, -0.05) is 42.5 Å². The van der Waals surface area contributed by atoms with Crippen LogP contribution in [0.4, 0.5) is 0 Å². The van der Waals surface area contributed by atoms with Crippen LogP contribution < -0.4 is 10.6 Å². The first-order valence-corrected chi connectivity index (χ1v) is 10.2. The summed E-state index contributed by atoms with van der Waals surface area (Å²) in [6.07, 6.45) is 7.24. The minimum Gasteiger partial charge on any atom is -0.356 e. The number of fused-ring (bicyclic) bond motifs is 5. The number of allylic oxidation sites excluding steroid dienone is 2. The van der Waals surface area contributed by atoms with Crippen molar-refractivity contribution in [1.82, 2.24) is 15.5 Å². The number of halogens is 1. The number of amides is 2. The highest BCUT2D eigenvalue weighted by atomic mass is 127. The van der Waals surface area contributed by atoms with Crippen molar-refractivity contribution < 1.29 is 9.59 Å². The van der Waals surface area contributed by atoms with Crippen molar-refractivity contribution in [3.05, 3.63) is 48.0 Å². The van der Waals surface area contributed by atoms with Crippen molar-refractivity contribution in [1.29, 1.82) is 0 Å². The molecule has 6 nitrogen and oxygen atoms in total. The number of rotatable bonds is 7. The monoisotopic (exact) mass is 508 g/mol. The highest BCUT2D eigenvalue weighted by molar-refractivity contribution is 14.0. The average Bonchev–Trinajstić information content (AvgIpc) is 3.40. The van der Waals surface area contributed by atoms with Crippen molar-refractivity contribution >= 4 is 41.8 Å².